The fourth-order valence-electron chi connectivity index (χ4n) is 3.40. The van der Waals surface area contributed by atoms with Gasteiger partial charge < -0.3 is 4.74 Å². The third-order valence-electron chi connectivity index (χ3n) is 5.14. The number of aromatic nitrogens is 2. The molecular formula is C23H18FN5O3. The van der Waals surface area contributed by atoms with Gasteiger partial charge >= 0.3 is 0 Å². The van der Waals surface area contributed by atoms with Crippen LogP contribution in [0.4, 0.5) is 10.3 Å². The van der Waals surface area contributed by atoms with E-state index >= 15 is 0 Å². The molecule has 160 valence electrons. The molecule has 1 amide bonds. The van der Waals surface area contributed by atoms with Crippen LogP contribution in [0.5, 0.6) is 5.75 Å². The maximum Gasteiger partial charge on any atom is 0.273 e. The van der Waals surface area contributed by atoms with Crippen molar-refractivity contribution in [3.05, 3.63) is 75.8 Å². The van der Waals surface area contributed by atoms with Gasteiger partial charge in [-0.25, -0.2) is 9.37 Å². The van der Waals surface area contributed by atoms with Gasteiger partial charge in [0, 0.05) is 25.5 Å². The Balaban J connectivity index is 1.86. The zero-order chi connectivity index (χ0) is 22.8. The predicted octanol–water partition coefficient (Wildman–Crippen LogP) is 3.00. The van der Waals surface area contributed by atoms with Crippen LogP contribution in [-0.4, -0.2) is 28.3 Å². The van der Waals surface area contributed by atoms with Crippen molar-refractivity contribution in [1.82, 2.24) is 9.55 Å². The molecule has 1 aliphatic rings. The number of methoxy groups -OCH3 is 1. The molecule has 2 heterocycles. The number of carbonyl (C=O) groups is 1. The highest BCUT2D eigenvalue weighted by Crippen LogP contribution is 2.26. The highest BCUT2D eigenvalue weighted by molar-refractivity contribution is 6.08. The van der Waals surface area contributed by atoms with Gasteiger partial charge in [0.15, 0.2) is 0 Å². The molecule has 0 bridgehead atoms. The van der Waals surface area contributed by atoms with Crippen molar-refractivity contribution >= 4 is 17.6 Å². The SMILES string of the molecule is COc1ccc(-c2nc(N3N=C(c4ccc(F)cc4)CCC3=O)n(C)c(=O)c2C#N)cc1. The van der Waals surface area contributed by atoms with E-state index in [-0.39, 0.29) is 35.4 Å². The molecule has 8 nitrogen and oxygen atoms in total. The van der Waals surface area contributed by atoms with Crippen molar-refractivity contribution in [2.24, 2.45) is 12.1 Å². The summed E-state index contributed by atoms with van der Waals surface area (Å²) in [4.78, 5) is 30.1. The van der Waals surface area contributed by atoms with Crippen molar-refractivity contribution in [2.75, 3.05) is 12.1 Å². The van der Waals surface area contributed by atoms with Gasteiger partial charge in [-0.1, -0.05) is 12.1 Å². The van der Waals surface area contributed by atoms with Crippen LogP contribution in [-0.2, 0) is 11.8 Å². The summed E-state index contributed by atoms with van der Waals surface area (Å²) >= 11 is 0. The molecule has 3 aromatic rings. The summed E-state index contributed by atoms with van der Waals surface area (Å²) in [6.45, 7) is 0. The number of nitrogens with zero attached hydrogens (tertiary/aromatic N) is 5. The zero-order valence-electron chi connectivity index (χ0n) is 17.4. The minimum atomic E-state index is -0.597. The van der Waals surface area contributed by atoms with E-state index in [1.54, 1.807) is 36.4 Å². The molecule has 1 aliphatic heterocycles. The Morgan fingerprint density at radius 3 is 2.31 bits per heavy atom. The molecule has 32 heavy (non-hydrogen) atoms. The predicted molar refractivity (Wildman–Crippen MR) is 116 cm³/mol. The first-order valence-corrected chi connectivity index (χ1v) is 9.75. The topological polar surface area (TPSA) is 101 Å². The van der Waals surface area contributed by atoms with E-state index in [0.717, 1.165) is 9.58 Å². The van der Waals surface area contributed by atoms with Gasteiger partial charge in [-0.05, 0) is 42.0 Å². The number of hydrazone groups is 1. The number of hydrogen-bond donors (Lipinski definition) is 0. The average molecular weight is 431 g/mol. The summed E-state index contributed by atoms with van der Waals surface area (Å²) in [6.07, 6.45) is 0.514. The molecule has 0 spiro atoms. The van der Waals surface area contributed by atoms with Crippen LogP contribution in [0.2, 0.25) is 0 Å². The summed E-state index contributed by atoms with van der Waals surface area (Å²) in [5.41, 5.74) is 1.15. The molecule has 4 rings (SSSR count). The standard InChI is InChI=1S/C23H18FN5O3/c1-28-22(31)18(13-25)21(15-5-9-17(32-2)10-6-15)26-23(28)29-20(30)12-11-19(27-29)14-3-7-16(24)8-4-14/h3-10H,11-12H2,1-2H3. The van der Waals surface area contributed by atoms with Gasteiger partial charge in [0.2, 0.25) is 11.9 Å². The van der Waals surface area contributed by atoms with Gasteiger partial charge in [-0.15, -0.1) is 0 Å². The van der Waals surface area contributed by atoms with Crippen molar-refractivity contribution in [3.8, 4) is 23.1 Å². The highest BCUT2D eigenvalue weighted by atomic mass is 19.1. The third-order valence-corrected chi connectivity index (χ3v) is 5.14. The Kier molecular flexibility index (Phi) is 5.52. The number of rotatable bonds is 4. The number of hydrogen-bond acceptors (Lipinski definition) is 6. The number of halogens is 1. The van der Waals surface area contributed by atoms with E-state index in [1.165, 1.54) is 26.3 Å². The lowest BCUT2D eigenvalue weighted by Gasteiger charge is -2.24. The second kappa shape index (κ2) is 8.43. The van der Waals surface area contributed by atoms with Crippen molar-refractivity contribution in [2.45, 2.75) is 12.8 Å². The summed E-state index contributed by atoms with van der Waals surface area (Å²) in [6, 6.07) is 14.4. The molecule has 0 aliphatic carbocycles. The smallest absolute Gasteiger partial charge is 0.273 e. The molecule has 0 saturated heterocycles. The van der Waals surface area contributed by atoms with Crippen LogP contribution in [0.1, 0.15) is 24.0 Å². The van der Waals surface area contributed by atoms with E-state index < -0.39 is 5.56 Å². The summed E-state index contributed by atoms with van der Waals surface area (Å²) in [5, 5.41) is 15.1. The van der Waals surface area contributed by atoms with Gasteiger partial charge in [0.05, 0.1) is 18.5 Å². The van der Waals surface area contributed by atoms with E-state index in [2.05, 4.69) is 10.1 Å². The first-order chi connectivity index (χ1) is 15.4. The molecule has 0 radical (unpaired) electrons. The second-order valence-corrected chi connectivity index (χ2v) is 7.10. The van der Waals surface area contributed by atoms with Crippen LogP contribution in [0, 0.1) is 17.1 Å². The Bertz CT molecular complexity index is 1320. The first kappa shape index (κ1) is 20.9. The third kappa shape index (κ3) is 3.74. The van der Waals surface area contributed by atoms with Crippen LogP contribution in [0.3, 0.4) is 0 Å². The second-order valence-electron chi connectivity index (χ2n) is 7.10. The van der Waals surface area contributed by atoms with Gasteiger partial charge in [-0.3, -0.25) is 14.2 Å². The molecule has 0 atom stereocenters. The lowest BCUT2D eigenvalue weighted by atomic mass is 10.0. The molecular weight excluding hydrogens is 413 g/mol. The lowest BCUT2D eigenvalue weighted by molar-refractivity contribution is -0.118. The maximum absolute atomic E-state index is 13.3. The van der Waals surface area contributed by atoms with Gasteiger partial charge in [0.1, 0.15) is 23.2 Å². The largest absolute Gasteiger partial charge is 0.497 e. The number of carbonyl (C=O) groups excluding carboxylic acids is 1. The number of benzene rings is 2. The molecule has 0 unspecified atom stereocenters. The van der Waals surface area contributed by atoms with Crippen LogP contribution < -0.4 is 15.3 Å². The fourth-order valence-corrected chi connectivity index (χ4v) is 3.40. The van der Waals surface area contributed by atoms with Crippen molar-refractivity contribution < 1.29 is 13.9 Å². The monoisotopic (exact) mass is 431 g/mol. The lowest BCUT2D eigenvalue weighted by Crippen LogP contribution is -2.37. The number of amides is 1. The molecule has 0 N–H and O–H groups in total. The molecule has 1 aromatic heterocycles. The van der Waals surface area contributed by atoms with Crippen LogP contribution in [0.15, 0.2) is 58.4 Å². The highest BCUT2D eigenvalue weighted by Gasteiger charge is 2.28. The Labute approximate surface area is 182 Å². The first-order valence-electron chi connectivity index (χ1n) is 9.75. The fraction of sp³-hybridized carbons (Fsp3) is 0.174. The van der Waals surface area contributed by atoms with Crippen molar-refractivity contribution in [1.29, 1.82) is 5.26 Å². The minimum absolute atomic E-state index is 0.0101. The Morgan fingerprint density at radius 1 is 1.03 bits per heavy atom. The Morgan fingerprint density at radius 2 is 1.69 bits per heavy atom. The van der Waals surface area contributed by atoms with Crippen LogP contribution >= 0.6 is 0 Å². The van der Waals surface area contributed by atoms with Crippen molar-refractivity contribution in [3.63, 3.8) is 0 Å². The molecule has 2 aromatic carbocycles. The van der Waals surface area contributed by atoms with E-state index in [1.807, 2.05) is 6.07 Å². The Hall–Kier alpha value is -4.32. The zero-order valence-corrected chi connectivity index (χ0v) is 17.4. The van der Waals surface area contributed by atoms with Gasteiger partial charge in [-0.2, -0.15) is 15.4 Å². The van der Waals surface area contributed by atoms with Gasteiger partial charge in [0.25, 0.3) is 5.56 Å². The maximum atomic E-state index is 13.3. The summed E-state index contributed by atoms with van der Waals surface area (Å²) in [7, 11) is 2.96. The van der Waals surface area contributed by atoms with E-state index in [9.17, 15) is 19.2 Å². The number of anilines is 1. The summed E-state index contributed by atoms with van der Waals surface area (Å²) in [5.74, 6) is -0.123. The normalized spacial score (nSPS) is 13.5. The van der Waals surface area contributed by atoms with Crippen LogP contribution in [0.25, 0.3) is 11.3 Å². The average Bonchev–Trinajstić information content (AvgIpc) is 2.82. The van der Waals surface area contributed by atoms with E-state index in [0.29, 0.717) is 29.0 Å². The number of ether oxygens (including phenoxy) is 1. The number of nitriles is 1. The molecule has 0 fully saturated rings. The quantitative estimate of drug-likeness (QED) is 0.632. The summed E-state index contributed by atoms with van der Waals surface area (Å²) < 4.78 is 19.6. The molecule has 9 heteroatoms. The molecule has 0 saturated carbocycles. The van der Waals surface area contributed by atoms with E-state index in [4.69, 9.17) is 4.74 Å². The minimum Gasteiger partial charge on any atom is -0.497 e.